The molecule has 2 heterocycles. The normalized spacial score (nSPS) is 13.4. The number of nitrogens with zero attached hydrogens (tertiary/aromatic N) is 3. The number of aromatic amines is 1. The van der Waals surface area contributed by atoms with Gasteiger partial charge in [-0.3, -0.25) is 4.79 Å². The Balaban J connectivity index is 1.81. The van der Waals surface area contributed by atoms with Crippen molar-refractivity contribution in [2.75, 3.05) is 11.4 Å². The van der Waals surface area contributed by atoms with Gasteiger partial charge in [-0.1, -0.05) is 50.8 Å². The quantitative estimate of drug-likeness (QED) is 0.732. The zero-order chi connectivity index (χ0) is 20.5. The minimum atomic E-state index is -0.245. The molecule has 29 heavy (non-hydrogen) atoms. The van der Waals surface area contributed by atoms with Crippen LogP contribution in [0, 0.1) is 12.8 Å². The summed E-state index contributed by atoms with van der Waals surface area (Å²) in [7, 11) is 0. The second kappa shape index (κ2) is 7.66. The van der Waals surface area contributed by atoms with Crippen molar-refractivity contribution in [2.24, 2.45) is 10.9 Å². The lowest BCUT2D eigenvalue weighted by Crippen LogP contribution is -2.43. The van der Waals surface area contributed by atoms with Gasteiger partial charge in [0.05, 0.1) is 11.4 Å². The molecule has 0 amide bonds. The maximum absolute atomic E-state index is 12.6. The lowest BCUT2D eigenvalue weighted by Gasteiger charge is -2.31. The number of anilines is 2. The fourth-order valence-electron chi connectivity index (χ4n) is 4.01. The Labute approximate surface area is 170 Å². The summed E-state index contributed by atoms with van der Waals surface area (Å²) in [6.45, 7) is 11.1. The highest BCUT2D eigenvalue weighted by Crippen LogP contribution is 2.37. The molecule has 1 aliphatic heterocycles. The lowest BCUT2D eigenvalue weighted by atomic mass is 9.98. The molecule has 1 N–H and O–H groups in total. The van der Waals surface area contributed by atoms with E-state index in [1.54, 1.807) is 0 Å². The first-order valence-corrected chi connectivity index (χ1v) is 10.1. The third kappa shape index (κ3) is 3.73. The van der Waals surface area contributed by atoms with Crippen molar-refractivity contribution in [3.05, 3.63) is 80.3 Å². The fourth-order valence-corrected chi connectivity index (χ4v) is 4.01. The number of H-pyrrole nitrogens is 1. The second-order valence-electron chi connectivity index (χ2n) is 7.82. The van der Waals surface area contributed by atoms with Crippen molar-refractivity contribution in [1.29, 1.82) is 0 Å². The largest absolute Gasteiger partial charge is 0.322 e. The maximum Gasteiger partial charge on any atom is 0.279 e. The van der Waals surface area contributed by atoms with Crippen LogP contribution >= 0.6 is 0 Å². The average molecular weight is 386 g/mol. The van der Waals surface area contributed by atoms with Gasteiger partial charge in [0.25, 0.3) is 5.56 Å². The molecule has 0 saturated carbocycles. The van der Waals surface area contributed by atoms with Crippen LogP contribution in [-0.4, -0.2) is 16.5 Å². The number of rotatable bonds is 5. The smallest absolute Gasteiger partial charge is 0.279 e. The van der Waals surface area contributed by atoms with Crippen LogP contribution in [0.3, 0.4) is 0 Å². The summed E-state index contributed by atoms with van der Waals surface area (Å²) in [6.07, 6.45) is 1.88. The van der Waals surface area contributed by atoms with Crippen LogP contribution in [-0.2, 0) is 12.8 Å². The molecule has 1 aromatic heterocycles. The molecule has 5 nitrogen and oxygen atoms in total. The molecule has 4 rings (SSSR count). The number of nitrogens with one attached hydrogen (secondary N) is 1. The van der Waals surface area contributed by atoms with Gasteiger partial charge in [-0.25, -0.2) is 9.98 Å². The fraction of sp³-hybridized carbons (Fsp3) is 0.292. The molecule has 0 fully saturated rings. The van der Waals surface area contributed by atoms with E-state index in [2.05, 4.69) is 83.6 Å². The van der Waals surface area contributed by atoms with Gasteiger partial charge in [0, 0.05) is 6.54 Å². The Morgan fingerprint density at radius 3 is 2.69 bits per heavy atom. The first-order chi connectivity index (χ1) is 14.0. The molecule has 2 aromatic carbocycles. The first-order valence-electron chi connectivity index (χ1n) is 10.1. The average Bonchev–Trinajstić information content (AvgIpc) is 2.69. The molecule has 0 spiro atoms. The SMILES string of the molecule is C=c1nc2c(c(=O)[nH]1)=Nc1cc(CC)c(C)cc1N2CC(C)Cc1ccccc1. The van der Waals surface area contributed by atoms with E-state index in [9.17, 15) is 4.79 Å². The molecule has 1 atom stereocenters. The Hall–Kier alpha value is -3.21. The monoisotopic (exact) mass is 386 g/mol. The molecule has 5 heteroatoms. The van der Waals surface area contributed by atoms with Gasteiger partial charge in [-0.05, 0) is 54.5 Å². The number of fused-ring (bicyclic) bond motifs is 2. The zero-order valence-electron chi connectivity index (χ0n) is 17.2. The predicted octanol–water partition coefficient (Wildman–Crippen LogP) is 3.33. The van der Waals surface area contributed by atoms with Gasteiger partial charge >= 0.3 is 0 Å². The number of aryl methyl sites for hydroxylation is 2. The van der Waals surface area contributed by atoms with Gasteiger partial charge in [0.1, 0.15) is 5.48 Å². The van der Waals surface area contributed by atoms with Crippen molar-refractivity contribution in [1.82, 2.24) is 9.97 Å². The first kappa shape index (κ1) is 19.1. The number of hydrogen-bond acceptors (Lipinski definition) is 4. The van der Waals surface area contributed by atoms with Crippen LogP contribution in [0.5, 0.6) is 0 Å². The zero-order valence-corrected chi connectivity index (χ0v) is 17.2. The summed E-state index contributed by atoms with van der Waals surface area (Å²) in [6, 6.07) is 14.7. The van der Waals surface area contributed by atoms with E-state index in [-0.39, 0.29) is 5.56 Å². The van der Waals surface area contributed by atoms with Crippen molar-refractivity contribution >= 4 is 23.8 Å². The number of benzene rings is 2. The highest BCUT2D eigenvalue weighted by molar-refractivity contribution is 5.77. The van der Waals surface area contributed by atoms with Crippen LogP contribution in [0.2, 0.25) is 0 Å². The summed E-state index contributed by atoms with van der Waals surface area (Å²) in [5.74, 6) is 0.950. The molecule has 1 unspecified atom stereocenters. The van der Waals surface area contributed by atoms with Crippen LogP contribution in [0.1, 0.15) is 30.5 Å². The third-order valence-electron chi connectivity index (χ3n) is 5.44. The van der Waals surface area contributed by atoms with Gasteiger partial charge in [-0.15, -0.1) is 0 Å². The van der Waals surface area contributed by atoms with Gasteiger partial charge in [-0.2, -0.15) is 0 Å². The molecule has 1 aliphatic rings. The van der Waals surface area contributed by atoms with E-state index in [0.29, 0.717) is 22.6 Å². The van der Waals surface area contributed by atoms with Crippen molar-refractivity contribution < 1.29 is 0 Å². The Kier molecular flexibility index (Phi) is 5.05. The molecule has 148 valence electrons. The maximum atomic E-state index is 12.6. The minimum Gasteiger partial charge on any atom is -0.322 e. The van der Waals surface area contributed by atoms with E-state index in [4.69, 9.17) is 0 Å². The molecule has 0 saturated heterocycles. The van der Waals surface area contributed by atoms with Crippen LogP contribution < -0.4 is 21.3 Å². The summed E-state index contributed by atoms with van der Waals surface area (Å²) < 4.78 is 0. The van der Waals surface area contributed by atoms with Crippen molar-refractivity contribution in [3.8, 4) is 0 Å². The standard InChI is InChI=1S/C24H26N4O/c1-5-19-13-20-21(12-16(19)3)28(14-15(2)11-18-9-7-6-8-10-18)23-22(27-20)24(29)26-17(4)25-23/h6-10,12-13,15H,4-5,11,14H2,1-3H3,(H,26,29). The molecule has 0 aliphatic carbocycles. The van der Waals surface area contributed by atoms with E-state index in [1.807, 2.05) is 6.07 Å². The molecule has 3 aromatic rings. The van der Waals surface area contributed by atoms with Crippen LogP contribution in [0.15, 0.2) is 52.3 Å². The predicted molar refractivity (Wildman–Crippen MR) is 118 cm³/mol. The molecular weight excluding hydrogens is 360 g/mol. The summed E-state index contributed by atoms with van der Waals surface area (Å²) in [5, 5.41) is 0.364. The Morgan fingerprint density at radius 1 is 1.21 bits per heavy atom. The van der Waals surface area contributed by atoms with Gasteiger partial charge in [0.15, 0.2) is 11.2 Å². The lowest BCUT2D eigenvalue weighted by molar-refractivity contribution is 0.580. The third-order valence-corrected chi connectivity index (χ3v) is 5.44. The van der Waals surface area contributed by atoms with Gasteiger partial charge in [0.2, 0.25) is 0 Å². The Morgan fingerprint density at radius 2 is 1.97 bits per heavy atom. The van der Waals surface area contributed by atoms with Crippen LogP contribution in [0.25, 0.3) is 6.58 Å². The summed E-state index contributed by atoms with van der Waals surface area (Å²) >= 11 is 0. The molecule has 0 radical (unpaired) electrons. The minimum absolute atomic E-state index is 0.245. The van der Waals surface area contributed by atoms with E-state index >= 15 is 0 Å². The van der Waals surface area contributed by atoms with Crippen LogP contribution in [0.4, 0.5) is 17.2 Å². The molecule has 0 bridgehead atoms. The van der Waals surface area contributed by atoms with E-state index < -0.39 is 0 Å². The van der Waals surface area contributed by atoms with E-state index in [0.717, 1.165) is 30.8 Å². The van der Waals surface area contributed by atoms with E-state index in [1.165, 1.54) is 16.7 Å². The topological polar surface area (TPSA) is 61.4 Å². The Bertz CT molecular complexity index is 1210. The molecular formula is C24H26N4O. The second-order valence-corrected chi connectivity index (χ2v) is 7.82. The highest BCUT2D eigenvalue weighted by Gasteiger charge is 2.25. The van der Waals surface area contributed by atoms with Crippen molar-refractivity contribution in [2.45, 2.75) is 33.6 Å². The summed E-state index contributed by atoms with van der Waals surface area (Å²) in [5.41, 5.74) is 5.72. The van der Waals surface area contributed by atoms with Crippen molar-refractivity contribution in [3.63, 3.8) is 0 Å². The number of aromatic nitrogens is 2. The number of hydrogen-bond donors (Lipinski definition) is 1. The van der Waals surface area contributed by atoms with Gasteiger partial charge < -0.3 is 9.88 Å². The summed E-state index contributed by atoms with van der Waals surface area (Å²) in [4.78, 5) is 26.6. The highest BCUT2D eigenvalue weighted by atomic mass is 16.1.